The monoisotopic (exact) mass is 417 g/mol. The minimum Gasteiger partial charge on any atom is -0.493 e. The molecule has 2 rings (SSSR count). The Morgan fingerprint density at radius 3 is 2.29 bits per heavy atom. The highest BCUT2D eigenvalue weighted by Gasteiger charge is 2.09. The number of halogens is 3. The maximum atomic E-state index is 13.5. The Kier molecular flexibility index (Phi) is 5.47. The van der Waals surface area contributed by atoms with E-state index in [-0.39, 0.29) is 5.82 Å². The van der Waals surface area contributed by atoms with E-state index in [0.717, 1.165) is 10.0 Å². The van der Waals surface area contributed by atoms with Crippen LogP contribution in [0.15, 0.2) is 39.3 Å². The van der Waals surface area contributed by atoms with Crippen LogP contribution in [0.2, 0.25) is 0 Å². The third-order valence-corrected chi connectivity index (χ3v) is 4.34. The lowest BCUT2D eigenvalue weighted by molar-refractivity contribution is 0.354. The zero-order valence-electron chi connectivity index (χ0n) is 11.5. The van der Waals surface area contributed by atoms with E-state index < -0.39 is 0 Å². The second-order valence-electron chi connectivity index (χ2n) is 4.28. The fourth-order valence-corrected chi connectivity index (χ4v) is 2.54. The average molecular weight is 419 g/mol. The van der Waals surface area contributed by atoms with Crippen molar-refractivity contribution in [3.8, 4) is 11.5 Å². The number of nitrogens with one attached hydrogen (secondary N) is 1. The predicted molar refractivity (Wildman–Crippen MR) is 88.7 cm³/mol. The van der Waals surface area contributed by atoms with Crippen LogP contribution < -0.4 is 14.8 Å². The molecule has 0 spiro atoms. The van der Waals surface area contributed by atoms with Gasteiger partial charge in [-0.15, -0.1) is 0 Å². The van der Waals surface area contributed by atoms with Gasteiger partial charge in [0.05, 0.1) is 18.7 Å². The van der Waals surface area contributed by atoms with Crippen molar-refractivity contribution in [1.29, 1.82) is 0 Å². The lowest BCUT2D eigenvalue weighted by Gasteiger charge is -2.13. The molecule has 6 heteroatoms. The lowest BCUT2D eigenvalue weighted by atomic mass is 10.2. The number of benzene rings is 2. The summed E-state index contributed by atoms with van der Waals surface area (Å²) in [7, 11) is 3.18. The molecule has 0 unspecified atom stereocenters. The molecule has 2 aromatic carbocycles. The van der Waals surface area contributed by atoms with Crippen molar-refractivity contribution >= 4 is 37.5 Å². The van der Waals surface area contributed by atoms with Gasteiger partial charge in [-0.25, -0.2) is 4.39 Å². The van der Waals surface area contributed by atoms with E-state index in [9.17, 15) is 4.39 Å². The topological polar surface area (TPSA) is 30.5 Å². The molecule has 112 valence electrons. The van der Waals surface area contributed by atoms with Gasteiger partial charge in [-0.2, -0.15) is 0 Å². The van der Waals surface area contributed by atoms with E-state index >= 15 is 0 Å². The van der Waals surface area contributed by atoms with Gasteiger partial charge in [-0.05, 0) is 51.8 Å². The molecule has 0 fully saturated rings. The molecule has 0 amide bonds. The zero-order valence-corrected chi connectivity index (χ0v) is 14.7. The van der Waals surface area contributed by atoms with Crippen molar-refractivity contribution < 1.29 is 13.9 Å². The van der Waals surface area contributed by atoms with E-state index in [0.29, 0.717) is 28.2 Å². The third-order valence-electron chi connectivity index (χ3n) is 2.96. The maximum Gasteiger partial charge on any atom is 0.161 e. The Hall–Kier alpha value is -1.27. The Morgan fingerprint density at radius 1 is 1.00 bits per heavy atom. The Bertz CT molecular complexity index is 650. The van der Waals surface area contributed by atoms with Crippen molar-refractivity contribution in [3.63, 3.8) is 0 Å². The molecule has 0 radical (unpaired) electrons. The highest BCUT2D eigenvalue weighted by atomic mass is 79.9. The van der Waals surface area contributed by atoms with Crippen molar-refractivity contribution in [1.82, 2.24) is 0 Å². The summed E-state index contributed by atoms with van der Waals surface area (Å²) < 4.78 is 25.3. The van der Waals surface area contributed by atoms with Crippen molar-refractivity contribution in [2.75, 3.05) is 19.5 Å². The largest absolute Gasteiger partial charge is 0.493 e. The Morgan fingerprint density at radius 2 is 1.67 bits per heavy atom. The smallest absolute Gasteiger partial charge is 0.161 e. The molecule has 0 aromatic heterocycles. The average Bonchev–Trinajstić information content (AvgIpc) is 2.49. The first-order chi connectivity index (χ1) is 10.0. The lowest BCUT2D eigenvalue weighted by Crippen LogP contribution is -2.02. The third kappa shape index (κ3) is 3.89. The van der Waals surface area contributed by atoms with Gasteiger partial charge in [-0.3, -0.25) is 0 Å². The quantitative estimate of drug-likeness (QED) is 0.742. The second kappa shape index (κ2) is 7.13. The van der Waals surface area contributed by atoms with Crippen LogP contribution in [0.3, 0.4) is 0 Å². The summed E-state index contributed by atoms with van der Waals surface area (Å²) in [5.41, 5.74) is 1.69. The first-order valence-electron chi connectivity index (χ1n) is 6.14. The Balaban J connectivity index is 2.17. The fourth-order valence-electron chi connectivity index (χ4n) is 1.84. The van der Waals surface area contributed by atoms with Crippen LogP contribution in [0.4, 0.5) is 10.1 Å². The van der Waals surface area contributed by atoms with Crippen molar-refractivity contribution in [2.24, 2.45) is 0 Å². The normalized spacial score (nSPS) is 10.3. The first-order valence-corrected chi connectivity index (χ1v) is 7.73. The van der Waals surface area contributed by atoms with Crippen LogP contribution in [-0.2, 0) is 6.54 Å². The number of hydrogen-bond acceptors (Lipinski definition) is 3. The van der Waals surface area contributed by atoms with E-state index in [4.69, 9.17) is 9.47 Å². The van der Waals surface area contributed by atoms with Gasteiger partial charge in [0.2, 0.25) is 0 Å². The summed E-state index contributed by atoms with van der Waals surface area (Å²) in [6, 6.07) is 8.64. The minimum absolute atomic E-state index is 0.300. The van der Waals surface area contributed by atoms with Crippen LogP contribution in [0.25, 0.3) is 0 Å². The molecule has 0 bridgehead atoms. The molecule has 3 nitrogen and oxygen atoms in total. The molecule has 0 aliphatic carbocycles. The van der Waals surface area contributed by atoms with E-state index in [1.54, 1.807) is 20.3 Å². The van der Waals surface area contributed by atoms with Gasteiger partial charge < -0.3 is 14.8 Å². The van der Waals surface area contributed by atoms with Crippen LogP contribution in [0.5, 0.6) is 11.5 Å². The number of hydrogen-bond donors (Lipinski definition) is 1. The van der Waals surface area contributed by atoms with Crippen LogP contribution in [0.1, 0.15) is 5.56 Å². The molecule has 2 aromatic rings. The summed E-state index contributed by atoms with van der Waals surface area (Å²) in [5, 5.41) is 3.17. The zero-order chi connectivity index (χ0) is 15.4. The molecular formula is C15H14Br2FNO2. The Labute approximate surface area is 139 Å². The summed E-state index contributed by atoms with van der Waals surface area (Å²) in [4.78, 5) is 0. The number of rotatable bonds is 5. The first kappa shape index (κ1) is 16.1. The van der Waals surface area contributed by atoms with Gasteiger partial charge in [0, 0.05) is 16.7 Å². The summed E-state index contributed by atoms with van der Waals surface area (Å²) >= 11 is 6.62. The van der Waals surface area contributed by atoms with Gasteiger partial charge in [0.25, 0.3) is 0 Å². The molecule has 0 aliphatic rings. The second-order valence-corrected chi connectivity index (χ2v) is 5.99. The number of anilines is 1. The molecule has 0 aliphatic heterocycles. The van der Waals surface area contributed by atoms with Gasteiger partial charge in [0.1, 0.15) is 5.82 Å². The predicted octanol–water partition coefficient (Wildman–Crippen LogP) is 4.98. The summed E-state index contributed by atoms with van der Waals surface area (Å²) in [5.74, 6) is 1.01. The molecule has 1 N–H and O–H groups in total. The molecule has 21 heavy (non-hydrogen) atoms. The summed E-state index contributed by atoms with van der Waals surface area (Å²) in [6.07, 6.45) is 0. The summed E-state index contributed by atoms with van der Waals surface area (Å²) in [6.45, 7) is 0.530. The van der Waals surface area contributed by atoms with Crippen molar-refractivity contribution in [3.05, 3.63) is 50.7 Å². The van der Waals surface area contributed by atoms with Crippen LogP contribution >= 0.6 is 31.9 Å². The van der Waals surface area contributed by atoms with Crippen LogP contribution in [0, 0.1) is 5.82 Å². The maximum absolute atomic E-state index is 13.5. The van der Waals surface area contributed by atoms with Crippen molar-refractivity contribution in [2.45, 2.75) is 6.54 Å². The molecular weight excluding hydrogens is 405 g/mol. The molecule has 0 heterocycles. The van der Waals surface area contributed by atoms with Gasteiger partial charge in [-0.1, -0.05) is 15.9 Å². The molecule has 0 saturated carbocycles. The van der Waals surface area contributed by atoms with E-state index in [1.807, 2.05) is 18.2 Å². The SMILES string of the molecule is COc1cc(Br)c(CNc2ccc(Br)c(F)c2)cc1OC. The van der Waals surface area contributed by atoms with Crippen LogP contribution in [-0.4, -0.2) is 14.2 Å². The molecule has 0 atom stereocenters. The number of ether oxygens (including phenoxy) is 2. The standard InChI is InChI=1S/C15H14Br2FNO2/c1-20-14-5-9(12(17)7-15(14)21-2)8-19-10-3-4-11(16)13(18)6-10/h3-7,19H,8H2,1-2H3. The van der Waals surface area contributed by atoms with E-state index in [1.165, 1.54) is 6.07 Å². The minimum atomic E-state index is -0.300. The number of methoxy groups -OCH3 is 2. The highest BCUT2D eigenvalue weighted by molar-refractivity contribution is 9.10. The molecule has 0 saturated heterocycles. The van der Waals surface area contributed by atoms with E-state index in [2.05, 4.69) is 37.2 Å². The highest BCUT2D eigenvalue weighted by Crippen LogP contribution is 2.33. The van der Waals surface area contributed by atoms with Gasteiger partial charge >= 0.3 is 0 Å². The fraction of sp³-hybridized carbons (Fsp3) is 0.200. The van der Waals surface area contributed by atoms with Gasteiger partial charge in [0.15, 0.2) is 11.5 Å².